The van der Waals surface area contributed by atoms with Gasteiger partial charge >= 0.3 is 0 Å². The average molecular weight is 574 g/mol. The quantitative estimate of drug-likeness (QED) is 0.190. The minimum atomic E-state index is 0. The summed E-state index contributed by atoms with van der Waals surface area (Å²) in [4.78, 5) is 12.0. The predicted octanol–water partition coefficient (Wildman–Crippen LogP) is 2.91. The van der Waals surface area contributed by atoms with Crippen molar-refractivity contribution in [3.8, 4) is 0 Å². The molecule has 8 heteroatoms. The second kappa shape index (κ2) is 16.6. The Labute approximate surface area is 217 Å². The molecule has 0 unspecified atom stereocenters. The third kappa shape index (κ3) is 10.5. The van der Waals surface area contributed by atoms with Crippen LogP contribution in [0.25, 0.3) is 0 Å². The molecule has 1 aromatic rings. The van der Waals surface area contributed by atoms with Crippen LogP contribution in [0, 0.1) is 0 Å². The molecule has 0 bridgehead atoms. The van der Waals surface area contributed by atoms with Crippen molar-refractivity contribution in [3.05, 3.63) is 35.9 Å². The van der Waals surface area contributed by atoms with Crippen molar-refractivity contribution < 1.29 is 9.47 Å². The highest BCUT2D eigenvalue weighted by Gasteiger charge is 2.22. The Balaban J connectivity index is 0.00000385. The van der Waals surface area contributed by atoms with Crippen molar-refractivity contribution in [1.29, 1.82) is 0 Å². The van der Waals surface area contributed by atoms with Gasteiger partial charge in [-0.05, 0) is 37.8 Å². The first-order valence-corrected chi connectivity index (χ1v) is 12.3. The molecular weight excluding hydrogens is 529 g/mol. The molecule has 2 heterocycles. The zero-order valence-electron chi connectivity index (χ0n) is 20.6. The van der Waals surface area contributed by atoms with Gasteiger partial charge in [0.2, 0.25) is 0 Å². The maximum atomic E-state index is 5.98. The van der Waals surface area contributed by atoms with Crippen molar-refractivity contribution in [2.45, 2.75) is 38.3 Å². The number of likely N-dealkylation sites (tertiary alicyclic amines) is 1. The lowest BCUT2D eigenvalue weighted by atomic mass is 10.1. The van der Waals surface area contributed by atoms with Crippen molar-refractivity contribution in [2.75, 3.05) is 79.7 Å². The lowest BCUT2D eigenvalue weighted by Crippen LogP contribution is -2.48. The molecule has 1 N–H and O–H groups in total. The monoisotopic (exact) mass is 573 g/mol. The van der Waals surface area contributed by atoms with Gasteiger partial charge in [-0.25, -0.2) is 0 Å². The van der Waals surface area contributed by atoms with Gasteiger partial charge in [-0.3, -0.25) is 9.89 Å². The number of guanidine groups is 1. The molecule has 0 aromatic heterocycles. The van der Waals surface area contributed by atoms with Crippen LogP contribution in [0.15, 0.2) is 35.3 Å². The van der Waals surface area contributed by atoms with Crippen LogP contribution in [0.2, 0.25) is 0 Å². The summed E-state index contributed by atoms with van der Waals surface area (Å²) >= 11 is 0. The molecule has 2 aliphatic heterocycles. The summed E-state index contributed by atoms with van der Waals surface area (Å²) in [5.41, 5.74) is 1.42. The van der Waals surface area contributed by atoms with Crippen LogP contribution < -0.4 is 5.32 Å². The largest absolute Gasteiger partial charge is 0.385 e. The normalized spacial score (nSPS) is 18.8. The Hall–Kier alpha value is -0.940. The molecule has 0 amide bonds. The summed E-state index contributed by atoms with van der Waals surface area (Å²) in [6.45, 7) is 11.4. The number of ether oxygens (including phenoxy) is 2. The van der Waals surface area contributed by atoms with E-state index < -0.39 is 0 Å². The smallest absolute Gasteiger partial charge is 0.193 e. The molecule has 0 atom stereocenters. The van der Waals surface area contributed by atoms with Gasteiger partial charge in [-0.1, -0.05) is 30.3 Å². The van der Waals surface area contributed by atoms with Crippen LogP contribution in [-0.2, 0) is 16.0 Å². The Morgan fingerprint density at radius 2 is 1.67 bits per heavy atom. The van der Waals surface area contributed by atoms with E-state index in [2.05, 4.69) is 55.3 Å². The SMILES string of the molecule is CN=C(NCCCN1CCN(Cc2ccccc2)CC1)N1CCC(OCCCOC)CC1.I. The topological polar surface area (TPSA) is 52.6 Å². The summed E-state index contributed by atoms with van der Waals surface area (Å²) in [5.74, 6) is 1.04. The van der Waals surface area contributed by atoms with Crippen molar-refractivity contribution in [2.24, 2.45) is 4.99 Å². The van der Waals surface area contributed by atoms with E-state index in [1.807, 2.05) is 7.05 Å². The number of halogens is 1. The number of piperidine rings is 1. The lowest BCUT2D eigenvalue weighted by molar-refractivity contribution is 0.00990. The van der Waals surface area contributed by atoms with Gasteiger partial charge in [0.25, 0.3) is 0 Å². The van der Waals surface area contributed by atoms with E-state index in [9.17, 15) is 0 Å². The number of nitrogens with one attached hydrogen (secondary N) is 1. The van der Waals surface area contributed by atoms with Crippen LogP contribution in [0.4, 0.5) is 0 Å². The maximum Gasteiger partial charge on any atom is 0.193 e. The van der Waals surface area contributed by atoms with Gasteiger partial charge in [0.15, 0.2) is 5.96 Å². The van der Waals surface area contributed by atoms with E-state index in [0.29, 0.717) is 6.10 Å². The number of hydrogen-bond donors (Lipinski definition) is 1. The fraction of sp³-hybridized carbons (Fsp3) is 0.720. The Kier molecular flexibility index (Phi) is 14.3. The summed E-state index contributed by atoms with van der Waals surface area (Å²) in [6, 6.07) is 10.8. The minimum Gasteiger partial charge on any atom is -0.385 e. The number of rotatable bonds is 11. The minimum absolute atomic E-state index is 0. The van der Waals surface area contributed by atoms with Crippen molar-refractivity contribution in [3.63, 3.8) is 0 Å². The molecule has 188 valence electrons. The second-order valence-electron chi connectivity index (χ2n) is 8.83. The lowest BCUT2D eigenvalue weighted by Gasteiger charge is -2.35. The summed E-state index contributed by atoms with van der Waals surface area (Å²) in [7, 11) is 3.63. The number of nitrogens with zero attached hydrogens (tertiary/aromatic N) is 4. The van der Waals surface area contributed by atoms with E-state index >= 15 is 0 Å². The molecule has 0 spiro atoms. The van der Waals surface area contributed by atoms with Crippen LogP contribution in [0.5, 0.6) is 0 Å². The maximum absolute atomic E-state index is 5.98. The summed E-state index contributed by atoms with van der Waals surface area (Å²) < 4.78 is 11.1. The Morgan fingerprint density at radius 1 is 0.970 bits per heavy atom. The van der Waals surface area contributed by atoms with Crippen LogP contribution in [0.1, 0.15) is 31.2 Å². The fourth-order valence-corrected chi connectivity index (χ4v) is 4.54. The second-order valence-corrected chi connectivity index (χ2v) is 8.83. The van der Waals surface area contributed by atoms with E-state index in [4.69, 9.17) is 9.47 Å². The average Bonchev–Trinajstić information content (AvgIpc) is 2.84. The molecular formula is C25H44IN5O2. The highest BCUT2D eigenvalue weighted by molar-refractivity contribution is 14.0. The van der Waals surface area contributed by atoms with Gasteiger partial charge in [0.1, 0.15) is 0 Å². The van der Waals surface area contributed by atoms with E-state index in [0.717, 1.165) is 90.7 Å². The number of aliphatic imine (C=N–C) groups is 1. The van der Waals surface area contributed by atoms with E-state index in [-0.39, 0.29) is 24.0 Å². The molecule has 2 aliphatic rings. The molecule has 2 saturated heterocycles. The number of piperazine rings is 1. The first-order valence-electron chi connectivity index (χ1n) is 12.3. The third-order valence-corrected chi connectivity index (χ3v) is 6.45. The number of benzene rings is 1. The molecule has 7 nitrogen and oxygen atoms in total. The van der Waals surface area contributed by atoms with Crippen LogP contribution in [0.3, 0.4) is 0 Å². The molecule has 1 aromatic carbocycles. The fourth-order valence-electron chi connectivity index (χ4n) is 4.54. The van der Waals surface area contributed by atoms with E-state index in [1.54, 1.807) is 7.11 Å². The molecule has 0 aliphatic carbocycles. The van der Waals surface area contributed by atoms with Gasteiger partial charge in [0.05, 0.1) is 6.10 Å². The van der Waals surface area contributed by atoms with Gasteiger partial charge in [-0.2, -0.15) is 0 Å². The van der Waals surface area contributed by atoms with E-state index in [1.165, 1.54) is 18.7 Å². The molecule has 3 rings (SSSR count). The highest BCUT2D eigenvalue weighted by atomic mass is 127. The zero-order valence-corrected chi connectivity index (χ0v) is 22.9. The molecule has 0 radical (unpaired) electrons. The zero-order chi connectivity index (χ0) is 22.4. The standard InChI is InChI=1S/C25H43N5O2.HI/c1-26-25(30-14-10-24(11-15-30)32-21-7-20-31-2)27-12-6-13-28-16-18-29(19-17-28)22-23-8-4-3-5-9-23;/h3-5,8-9,24H,6-7,10-22H2,1-2H3,(H,26,27);1H. The van der Waals surface area contributed by atoms with Gasteiger partial charge < -0.3 is 24.6 Å². The van der Waals surface area contributed by atoms with Crippen molar-refractivity contribution >= 4 is 29.9 Å². The number of methoxy groups -OCH3 is 1. The predicted molar refractivity (Wildman–Crippen MR) is 147 cm³/mol. The molecule has 2 fully saturated rings. The third-order valence-electron chi connectivity index (χ3n) is 6.45. The van der Waals surface area contributed by atoms with Crippen molar-refractivity contribution in [1.82, 2.24) is 20.0 Å². The van der Waals surface area contributed by atoms with Crippen LogP contribution in [-0.4, -0.2) is 106 Å². The van der Waals surface area contributed by atoms with Gasteiger partial charge in [-0.15, -0.1) is 24.0 Å². The van der Waals surface area contributed by atoms with Gasteiger partial charge in [0, 0.05) is 79.7 Å². The first kappa shape index (κ1) is 28.3. The number of hydrogen-bond acceptors (Lipinski definition) is 5. The molecule has 0 saturated carbocycles. The molecule has 33 heavy (non-hydrogen) atoms. The summed E-state index contributed by atoms with van der Waals surface area (Å²) in [6.07, 6.45) is 4.64. The first-order chi connectivity index (χ1) is 15.8. The Morgan fingerprint density at radius 3 is 2.33 bits per heavy atom. The highest BCUT2D eigenvalue weighted by Crippen LogP contribution is 2.14. The van der Waals surface area contributed by atoms with Crippen LogP contribution >= 0.6 is 24.0 Å². The summed E-state index contributed by atoms with van der Waals surface area (Å²) in [5, 5.41) is 3.58. The Bertz CT molecular complexity index is 647.